The Bertz CT molecular complexity index is 4290. The molecule has 0 nitrogen and oxygen atoms in total. The van der Waals surface area contributed by atoms with Crippen molar-refractivity contribution in [3.63, 3.8) is 0 Å². The van der Waals surface area contributed by atoms with Crippen LogP contribution in [0.2, 0.25) is 0 Å². The molecule has 2 heteroatoms. The maximum absolute atomic E-state index is 2.80. The molecule has 446 valence electrons. The van der Waals surface area contributed by atoms with Gasteiger partial charge < -0.3 is 0 Å². The summed E-state index contributed by atoms with van der Waals surface area (Å²) in [7, 11) is 0. The van der Waals surface area contributed by atoms with Gasteiger partial charge in [0.1, 0.15) is 0 Å². The molecule has 0 radical (unpaired) electrons. The average molecular weight is 1150 g/mol. The van der Waals surface area contributed by atoms with Gasteiger partial charge in [-0.05, 0) is 224 Å². The molecule has 4 aliphatic rings. The van der Waals surface area contributed by atoms with Gasteiger partial charge in [0.05, 0.1) is 0 Å². The van der Waals surface area contributed by atoms with Crippen LogP contribution in [0.1, 0.15) is 257 Å². The summed E-state index contributed by atoms with van der Waals surface area (Å²) in [5, 5.41) is 8.65. The van der Waals surface area contributed by atoms with Gasteiger partial charge >= 0.3 is 0 Å². The second kappa shape index (κ2) is 19.4. The van der Waals surface area contributed by atoms with Crippen LogP contribution in [-0.4, -0.2) is 13.4 Å². The van der Waals surface area contributed by atoms with Gasteiger partial charge in [-0.2, -0.15) is 0 Å². The fourth-order valence-electron chi connectivity index (χ4n) is 16.8. The molecule has 0 amide bonds. The van der Waals surface area contributed by atoms with Crippen molar-refractivity contribution in [1.29, 1.82) is 0 Å². The average Bonchev–Trinajstić information content (AvgIpc) is 1.18. The highest BCUT2D eigenvalue weighted by molar-refractivity contribution is 7.03. The lowest BCUT2D eigenvalue weighted by atomic mass is 9.34. The molecule has 4 aliphatic heterocycles. The van der Waals surface area contributed by atoms with Crippen LogP contribution in [0.25, 0.3) is 99.1 Å². The van der Waals surface area contributed by atoms with E-state index in [4.69, 9.17) is 0 Å². The highest BCUT2D eigenvalue weighted by Crippen LogP contribution is 2.55. The molecule has 0 saturated carbocycles. The smallest absolute Gasteiger partial charge is 0.0661 e. The van der Waals surface area contributed by atoms with Gasteiger partial charge in [0.25, 0.3) is 0 Å². The molecular weight excluding hydrogens is 1050 g/mol. The molecule has 0 N–H and O–H groups in total. The van der Waals surface area contributed by atoms with Crippen LogP contribution in [0.15, 0.2) is 109 Å². The number of hydrogen-bond donors (Lipinski definition) is 0. The van der Waals surface area contributed by atoms with Crippen molar-refractivity contribution < 1.29 is 0 Å². The van der Waals surface area contributed by atoms with Crippen LogP contribution in [-0.2, 0) is 21.7 Å². The van der Waals surface area contributed by atoms with Gasteiger partial charge in [-0.1, -0.05) is 296 Å². The molecule has 10 aromatic carbocycles. The second-order valence-corrected chi connectivity index (χ2v) is 34.0. The fraction of sp³-hybridized carbons (Fsp3) is 0.395. The summed E-state index contributed by atoms with van der Waals surface area (Å²) in [5.74, 6) is 2.04. The Balaban J connectivity index is 1.29. The first kappa shape index (κ1) is 59.0. The highest BCUT2D eigenvalue weighted by atomic mass is 14.4. The van der Waals surface area contributed by atoms with Crippen LogP contribution >= 0.6 is 0 Å². The maximum atomic E-state index is 2.80. The molecular formula is C86H96B2. The largest absolute Gasteiger partial charge is 0.244 e. The summed E-state index contributed by atoms with van der Waals surface area (Å²) >= 11 is 0. The molecule has 0 atom stereocenters. The molecule has 0 saturated heterocycles. The van der Waals surface area contributed by atoms with Crippen LogP contribution in [0.3, 0.4) is 0 Å². The summed E-state index contributed by atoms with van der Waals surface area (Å²) in [6.07, 6.45) is 0. The Morgan fingerprint density at radius 2 is 0.534 bits per heavy atom. The molecule has 88 heavy (non-hydrogen) atoms. The zero-order valence-corrected chi connectivity index (χ0v) is 58.0. The Kier molecular flexibility index (Phi) is 13.0. The van der Waals surface area contributed by atoms with Crippen molar-refractivity contribution >= 4 is 78.5 Å². The van der Waals surface area contributed by atoms with Crippen LogP contribution in [0.4, 0.5) is 0 Å². The van der Waals surface area contributed by atoms with Crippen molar-refractivity contribution in [3.8, 4) is 66.8 Å². The van der Waals surface area contributed by atoms with Gasteiger partial charge in [0, 0.05) is 0 Å². The van der Waals surface area contributed by atoms with E-state index in [2.05, 4.69) is 275 Å². The first-order valence-electron chi connectivity index (χ1n) is 34.0. The Morgan fingerprint density at radius 3 is 0.807 bits per heavy atom. The van der Waals surface area contributed by atoms with E-state index in [0.717, 1.165) is 0 Å². The van der Waals surface area contributed by atoms with Crippen molar-refractivity contribution in [1.82, 2.24) is 0 Å². The van der Waals surface area contributed by atoms with Crippen molar-refractivity contribution in [2.45, 2.75) is 223 Å². The lowest BCUT2D eigenvalue weighted by Gasteiger charge is -2.35. The van der Waals surface area contributed by atoms with E-state index >= 15 is 0 Å². The summed E-state index contributed by atoms with van der Waals surface area (Å²) in [4.78, 5) is 0. The minimum Gasteiger partial charge on any atom is -0.0661 e. The maximum Gasteiger partial charge on any atom is 0.244 e. The Labute approximate surface area is 530 Å². The standard InChI is InChI=1S/C86H96B2/c1-43(2)49-29-55(45(5)6)75(56(30-49)46(7)8)61-39-63-69-37-53(85(19,20)21)35-67-59-33-52(84(16,17)18)26-28-72(59)88(81(67)69)74-42-66-62(76-57(47(9)10)31-50(44(3)4)32-58(76)48(11)12)40-64-70-38-54(86(22,23)24)36-68-60-34-51(83(13,14)15)25-27-71(60)87(82(68)70)73-41-65(61)79(77(63)74)80(66)78(64)73/h25-48H,1-24H3. The first-order chi connectivity index (χ1) is 41.1. The van der Waals surface area contributed by atoms with Crippen molar-refractivity contribution in [2.75, 3.05) is 0 Å². The summed E-state index contributed by atoms with van der Waals surface area (Å²) in [5.41, 5.74) is 40.1. The van der Waals surface area contributed by atoms with Crippen molar-refractivity contribution in [2.24, 2.45) is 0 Å². The van der Waals surface area contributed by atoms with E-state index in [-0.39, 0.29) is 35.1 Å². The van der Waals surface area contributed by atoms with Gasteiger partial charge in [-0.15, -0.1) is 0 Å². The summed E-state index contributed by atoms with van der Waals surface area (Å²) in [6, 6.07) is 47.4. The van der Waals surface area contributed by atoms with Gasteiger partial charge in [0.2, 0.25) is 13.4 Å². The van der Waals surface area contributed by atoms with E-state index < -0.39 is 0 Å². The predicted molar refractivity (Wildman–Crippen MR) is 391 cm³/mol. The first-order valence-corrected chi connectivity index (χ1v) is 34.0. The number of hydrogen-bond acceptors (Lipinski definition) is 0. The lowest BCUT2D eigenvalue weighted by molar-refractivity contribution is 0.590. The van der Waals surface area contributed by atoms with E-state index in [0.29, 0.717) is 35.5 Å². The van der Waals surface area contributed by atoms with Gasteiger partial charge in [-0.3, -0.25) is 0 Å². The SMILES string of the molecule is CC(C)c1cc(C(C)C)c(-c2cc3c4c(cc5c(-c6c(C(C)C)cc(C(C)C)cc6C(C)C)cc6c7c(cc2c4c57)B2c4ccc(C(C)(C)C)cc4-c4cc(C(C)(C)C)cc-6c42)B2c4ccc(C(C)(C)C)cc4-c4cc(C(C)(C)C)cc-3c42)c(C(C)C)c1. The van der Waals surface area contributed by atoms with E-state index in [1.807, 2.05) is 0 Å². The predicted octanol–water partition coefficient (Wildman–Crippen LogP) is 20.8. The number of benzene rings is 10. The van der Waals surface area contributed by atoms with Crippen LogP contribution < -0.4 is 32.8 Å². The van der Waals surface area contributed by atoms with Crippen LogP contribution in [0, 0.1) is 0 Å². The number of rotatable bonds is 8. The number of fused-ring (bicyclic) bond motifs is 10. The normalized spacial score (nSPS) is 14.2. The highest BCUT2D eigenvalue weighted by Gasteiger charge is 2.47. The molecule has 0 aromatic heterocycles. The zero-order valence-electron chi connectivity index (χ0n) is 58.0. The van der Waals surface area contributed by atoms with E-state index in [1.54, 1.807) is 0 Å². The summed E-state index contributed by atoms with van der Waals surface area (Å²) in [6.45, 7) is 58.2. The molecule has 0 bridgehead atoms. The van der Waals surface area contributed by atoms with Gasteiger partial charge in [0.15, 0.2) is 0 Å². The van der Waals surface area contributed by atoms with Crippen LogP contribution in [0.5, 0.6) is 0 Å². The van der Waals surface area contributed by atoms with Crippen molar-refractivity contribution in [3.05, 3.63) is 165 Å². The molecule has 0 unspecified atom stereocenters. The minimum atomic E-state index is -0.0763. The molecule has 10 aromatic rings. The van der Waals surface area contributed by atoms with E-state index in [1.165, 1.54) is 187 Å². The second-order valence-electron chi connectivity index (χ2n) is 34.0. The lowest BCUT2D eigenvalue weighted by Crippen LogP contribution is -2.53. The molecule has 0 spiro atoms. The third kappa shape index (κ3) is 8.51. The van der Waals surface area contributed by atoms with E-state index in [9.17, 15) is 0 Å². The molecule has 14 rings (SSSR count). The third-order valence-corrected chi connectivity index (χ3v) is 21.9. The van der Waals surface area contributed by atoms with Gasteiger partial charge in [-0.25, -0.2) is 0 Å². The topological polar surface area (TPSA) is 0 Å². The Hall–Kier alpha value is -6.63. The monoisotopic (exact) mass is 1150 g/mol. The Morgan fingerprint density at radius 1 is 0.250 bits per heavy atom. The molecule has 0 aliphatic carbocycles. The molecule has 0 fully saturated rings. The quantitative estimate of drug-likeness (QED) is 0.105. The molecule has 4 heterocycles. The third-order valence-electron chi connectivity index (χ3n) is 21.9. The fourth-order valence-corrected chi connectivity index (χ4v) is 16.8. The minimum absolute atomic E-state index is 0.00158. The zero-order chi connectivity index (χ0) is 63.0. The summed E-state index contributed by atoms with van der Waals surface area (Å²) < 4.78 is 0.